The maximum Gasteiger partial charge on any atom is 0.290 e. The predicted octanol–water partition coefficient (Wildman–Crippen LogP) is 3.66. The van der Waals surface area contributed by atoms with Crippen LogP contribution in [-0.2, 0) is 14.8 Å². The second kappa shape index (κ2) is 14.1. The number of carbonyl (C=O) groups is 1. The summed E-state index contributed by atoms with van der Waals surface area (Å²) in [5.74, 6) is 0.505. The van der Waals surface area contributed by atoms with Crippen LogP contribution in [0.1, 0.15) is 12.8 Å². The molecule has 4 rings (SSSR count). The van der Waals surface area contributed by atoms with Crippen molar-refractivity contribution in [3.8, 4) is 11.5 Å². The fraction of sp³-hybridized carbons (Fsp3) is 0.320. The third kappa shape index (κ3) is 9.57. The van der Waals surface area contributed by atoms with Gasteiger partial charge in [0, 0.05) is 30.4 Å². The fourth-order valence-electron chi connectivity index (χ4n) is 3.80. The molecule has 1 fully saturated rings. The van der Waals surface area contributed by atoms with E-state index in [1.165, 1.54) is 12.8 Å². The summed E-state index contributed by atoms with van der Waals surface area (Å²) in [4.78, 5) is 19.0. The van der Waals surface area contributed by atoms with Crippen LogP contribution in [-0.4, -0.2) is 74.5 Å². The first-order chi connectivity index (χ1) is 18.7. The molecule has 2 heterocycles. The van der Waals surface area contributed by atoms with E-state index in [1.54, 1.807) is 49.6 Å². The zero-order valence-corrected chi connectivity index (χ0v) is 22.4. The number of aromatic nitrogens is 2. The summed E-state index contributed by atoms with van der Waals surface area (Å²) in [6.45, 7) is 3.35. The molecule has 0 radical (unpaired) electrons. The number of rotatable bonds is 11. The highest BCUT2D eigenvalue weighted by molar-refractivity contribution is 7.92. The van der Waals surface area contributed by atoms with Gasteiger partial charge in [0.15, 0.2) is 11.6 Å². The number of likely N-dealkylation sites (tertiary alicyclic amines) is 1. The van der Waals surface area contributed by atoms with Crippen LogP contribution in [0.5, 0.6) is 11.5 Å². The summed E-state index contributed by atoms with van der Waals surface area (Å²) in [6.07, 6.45) is 4.51. The third-order valence-corrected chi connectivity index (χ3v) is 6.06. The number of benzene rings is 2. The van der Waals surface area contributed by atoms with Gasteiger partial charge in [0.05, 0.1) is 30.9 Å². The Morgan fingerprint density at radius 3 is 2.44 bits per heavy atom. The lowest BCUT2D eigenvalue weighted by atomic mass is 10.2. The minimum atomic E-state index is -3.53. The van der Waals surface area contributed by atoms with Gasteiger partial charge in [-0.2, -0.15) is 4.98 Å². The summed E-state index contributed by atoms with van der Waals surface area (Å²) in [6, 6.07) is 11.8. The van der Waals surface area contributed by atoms with Gasteiger partial charge in [0.1, 0.15) is 18.1 Å². The Morgan fingerprint density at radius 2 is 1.77 bits per heavy atom. The van der Waals surface area contributed by atoms with E-state index >= 15 is 0 Å². The second-order valence-corrected chi connectivity index (χ2v) is 10.2. The summed E-state index contributed by atoms with van der Waals surface area (Å²) >= 11 is 0. The van der Waals surface area contributed by atoms with Crippen molar-refractivity contribution in [1.29, 1.82) is 0 Å². The molecule has 0 atom stereocenters. The summed E-state index contributed by atoms with van der Waals surface area (Å²) in [5.41, 5.74) is 1.19. The number of anilines is 5. The minimum absolute atomic E-state index is 0.125. The Morgan fingerprint density at radius 1 is 1.10 bits per heavy atom. The number of methoxy groups -OCH3 is 1. The van der Waals surface area contributed by atoms with E-state index in [0.717, 1.165) is 32.1 Å². The van der Waals surface area contributed by atoms with Crippen LogP contribution < -0.4 is 24.8 Å². The molecule has 0 spiro atoms. The first-order valence-electron chi connectivity index (χ1n) is 12.0. The molecule has 3 aromatic rings. The number of sulfonamides is 1. The average Bonchev–Trinajstić information content (AvgIpc) is 3.40. The van der Waals surface area contributed by atoms with Gasteiger partial charge in [0.2, 0.25) is 16.0 Å². The topological polar surface area (TPSA) is 155 Å². The van der Waals surface area contributed by atoms with E-state index in [1.807, 2.05) is 0 Å². The van der Waals surface area contributed by atoms with Crippen LogP contribution in [0.15, 0.2) is 48.7 Å². The Labute approximate surface area is 226 Å². The molecule has 210 valence electrons. The van der Waals surface area contributed by atoms with Gasteiger partial charge >= 0.3 is 0 Å². The number of halogens is 1. The lowest BCUT2D eigenvalue weighted by Gasteiger charge is -2.16. The SMILES string of the molecule is COc1cc(Nc2ncc(F)c(Nc3ccccc3NS(C)(=O)=O)n2)cc(OCCN2CCCC2)c1.O=CO. The van der Waals surface area contributed by atoms with E-state index in [4.69, 9.17) is 19.4 Å². The molecule has 39 heavy (non-hydrogen) atoms. The Bertz CT molecular complexity index is 1350. The average molecular weight is 563 g/mol. The molecule has 0 unspecified atom stereocenters. The van der Waals surface area contributed by atoms with Crippen LogP contribution in [0.4, 0.5) is 33.2 Å². The lowest BCUT2D eigenvalue weighted by Crippen LogP contribution is -2.25. The van der Waals surface area contributed by atoms with Crippen molar-refractivity contribution in [2.24, 2.45) is 0 Å². The van der Waals surface area contributed by atoms with Crippen LogP contribution >= 0.6 is 0 Å². The molecule has 1 saturated heterocycles. The number of nitrogens with one attached hydrogen (secondary N) is 3. The minimum Gasteiger partial charge on any atom is -0.497 e. The Balaban J connectivity index is 0.00000134. The number of ether oxygens (including phenoxy) is 2. The van der Waals surface area contributed by atoms with Gasteiger partial charge < -0.3 is 25.2 Å². The van der Waals surface area contributed by atoms with Crippen molar-refractivity contribution in [2.75, 3.05) is 55.0 Å². The first-order valence-corrected chi connectivity index (χ1v) is 13.9. The predicted molar refractivity (Wildman–Crippen MR) is 146 cm³/mol. The van der Waals surface area contributed by atoms with Crippen molar-refractivity contribution in [2.45, 2.75) is 12.8 Å². The lowest BCUT2D eigenvalue weighted by molar-refractivity contribution is -0.122. The molecule has 1 aliphatic rings. The Hall–Kier alpha value is -4.17. The van der Waals surface area contributed by atoms with Gasteiger partial charge in [-0.05, 0) is 38.1 Å². The van der Waals surface area contributed by atoms with Crippen LogP contribution in [0.25, 0.3) is 0 Å². The highest BCUT2D eigenvalue weighted by Gasteiger charge is 2.14. The molecule has 1 aromatic heterocycles. The maximum atomic E-state index is 14.5. The molecule has 0 aliphatic carbocycles. The molecule has 12 nitrogen and oxygen atoms in total. The van der Waals surface area contributed by atoms with Crippen molar-refractivity contribution in [1.82, 2.24) is 14.9 Å². The van der Waals surface area contributed by atoms with E-state index in [9.17, 15) is 12.8 Å². The van der Waals surface area contributed by atoms with E-state index < -0.39 is 15.8 Å². The van der Waals surface area contributed by atoms with Crippen molar-refractivity contribution < 1.29 is 32.2 Å². The molecule has 2 aromatic carbocycles. The molecule has 0 amide bonds. The second-order valence-electron chi connectivity index (χ2n) is 8.46. The van der Waals surface area contributed by atoms with Crippen LogP contribution in [0.2, 0.25) is 0 Å². The number of hydrogen-bond donors (Lipinski definition) is 4. The molecule has 0 bridgehead atoms. The quantitative estimate of drug-likeness (QED) is 0.253. The summed E-state index contributed by atoms with van der Waals surface area (Å²) < 4.78 is 51.6. The van der Waals surface area contributed by atoms with Crippen molar-refractivity contribution >= 4 is 45.3 Å². The van der Waals surface area contributed by atoms with Crippen molar-refractivity contribution in [3.05, 3.63) is 54.5 Å². The monoisotopic (exact) mass is 562 g/mol. The summed E-state index contributed by atoms with van der Waals surface area (Å²) in [5, 5.41) is 12.8. The van der Waals surface area contributed by atoms with E-state index in [-0.39, 0.29) is 23.9 Å². The normalized spacial score (nSPS) is 13.1. The zero-order valence-electron chi connectivity index (χ0n) is 21.6. The van der Waals surface area contributed by atoms with Crippen LogP contribution in [0.3, 0.4) is 0 Å². The maximum absolute atomic E-state index is 14.5. The number of hydrogen-bond acceptors (Lipinski definition) is 10. The summed E-state index contributed by atoms with van der Waals surface area (Å²) in [7, 11) is -1.97. The van der Waals surface area contributed by atoms with Gasteiger partial charge in [-0.25, -0.2) is 17.8 Å². The number of carboxylic acid groups (broad SMARTS) is 1. The standard InChI is InChI=1S/C24H29FN6O4S.CH2O2/c1-34-18-13-17(14-19(15-18)35-12-11-31-9-5-6-10-31)27-24-26-16-20(25)23(29-24)28-21-7-3-4-8-22(21)30-36(2,32)33;2-1-3/h3-4,7-8,13-16,30H,5-6,9-12H2,1-2H3,(H2,26,27,28,29);1H,(H,2,3). The van der Waals surface area contributed by atoms with E-state index in [0.29, 0.717) is 29.5 Å². The largest absolute Gasteiger partial charge is 0.497 e. The van der Waals surface area contributed by atoms with Gasteiger partial charge in [-0.1, -0.05) is 12.1 Å². The number of nitrogens with zero attached hydrogens (tertiary/aromatic N) is 3. The van der Waals surface area contributed by atoms with E-state index in [2.05, 4.69) is 30.2 Å². The molecular weight excluding hydrogens is 531 g/mol. The zero-order chi connectivity index (χ0) is 28.3. The van der Waals surface area contributed by atoms with Crippen molar-refractivity contribution in [3.63, 3.8) is 0 Å². The molecule has 4 N–H and O–H groups in total. The molecule has 1 aliphatic heterocycles. The van der Waals surface area contributed by atoms with Gasteiger partial charge in [-0.3, -0.25) is 14.4 Å². The molecular formula is C25H31FN6O6S. The molecule has 0 saturated carbocycles. The van der Waals surface area contributed by atoms with Gasteiger partial charge in [0.25, 0.3) is 6.47 Å². The number of para-hydroxylation sites is 2. The fourth-order valence-corrected chi connectivity index (χ4v) is 4.37. The van der Waals surface area contributed by atoms with Gasteiger partial charge in [-0.15, -0.1) is 0 Å². The highest BCUT2D eigenvalue weighted by Crippen LogP contribution is 2.30. The third-order valence-electron chi connectivity index (χ3n) is 5.47. The Kier molecular flexibility index (Phi) is 10.6. The highest BCUT2D eigenvalue weighted by atomic mass is 32.2. The smallest absolute Gasteiger partial charge is 0.290 e. The van der Waals surface area contributed by atoms with Crippen LogP contribution in [0, 0.1) is 5.82 Å². The molecule has 14 heteroatoms. The first kappa shape index (κ1) is 29.4.